The van der Waals surface area contributed by atoms with Crippen molar-refractivity contribution >= 4 is 41.2 Å². The number of amides is 5. The lowest BCUT2D eigenvalue weighted by Gasteiger charge is -2.37. The molecule has 3 atom stereocenters. The van der Waals surface area contributed by atoms with E-state index in [-0.39, 0.29) is 49.8 Å². The maximum atomic E-state index is 14.5. The van der Waals surface area contributed by atoms with E-state index < -0.39 is 29.9 Å². The van der Waals surface area contributed by atoms with Crippen LogP contribution in [-0.2, 0) is 54.1 Å². The molecule has 1 aliphatic heterocycles. The smallest absolute Gasteiger partial charge is 0.329 e. The van der Waals surface area contributed by atoms with E-state index in [1.54, 1.807) is 79.2 Å². The molecular weight excluding hydrogens is 1110 g/mol. The third-order valence-corrected chi connectivity index (χ3v) is 14.2. The summed E-state index contributed by atoms with van der Waals surface area (Å²) in [6.07, 6.45) is 5.99. The number of anilines is 1. The Kier molecular flexibility index (Phi) is 31.4. The summed E-state index contributed by atoms with van der Waals surface area (Å²) >= 11 is 0. The lowest BCUT2D eigenvalue weighted by Crippen LogP contribution is -2.50. The number of nitrogens with zero attached hydrogens (tertiary/aromatic N) is 1. The highest BCUT2D eigenvalue weighted by Gasteiger charge is 2.38. The number of hydroxylamine groups is 1. The molecule has 0 aromatic heterocycles. The molecule has 0 spiro atoms. The number of rotatable bonds is 41. The van der Waals surface area contributed by atoms with Crippen molar-refractivity contribution in [2.45, 2.75) is 102 Å². The molecule has 5 N–H and O–H groups in total. The lowest BCUT2D eigenvalue weighted by atomic mass is 9.91. The van der Waals surface area contributed by atoms with Crippen molar-refractivity contribution in [2.75, 3.05) is 120 Å². The Hall–Kier alpha value is -7.70. The van der Waals surface area contributed by atoms with E-state index in [0.29, 0.717) is 161 Å². The first-order chi connectivity index (χ1) is 41.9. The van der Waals surface area contributed by atoms with Crippen molar-refractivity contribution in [2.24, 2.45) is 0 Å². The largest absolute Gasteiger partial charge is 0.493 e. The minimum Gasteiger partial charge on any atom is -0.493 e. The van der Waals surface area contributed by atoms with Crippen molar-refractivity contribution < 1.29 is 86.1 Å². The Labute approximate surface area is 504 Å². The van der Waals surface area contributed by atoms with Gasteiger partial charge in [0, 0.05) is 43.7 Å². The molecule has 23 heteroatoms. The van der Waals surface area contributed by atoms with Gasteiger partial charge in [-0.25, -0.2) is 10.3 Å². The second kappa shape index (κ2) is 39.1. The van der Waals surface area contributed by atoms with Gasteiger partial charge in [-0.05, 0) is 129 Å². The first-order valence-electron chi connectivity index (χ1n) is 29.3. The number of hydrogen-bond acceptors (Lipinski definition) is 18. The van der Waals surface area contributed by atoms with Crippen LogP contribution in [0.5, 0.6) is 34.5 Å². The van der Waals surface area contributed by atoms with Gasteiger partial charge >= 0.3 is 5.97 Å². The molecule has 86 heavy (non-hydrogen) atoms. The minimum atomic E-state index is -0.822. The van der Waals surface area contributed by atoms with Crippen LogP contribution in [0.1, 0.15) is 117 Å². The van der Waals surface area contributed by atoms with E-state index in [0.717, 1.165) is 31.2 Å². The number of unbranched alkanes of at least 4 members (excludes halogenated alkanes) is 3. The molecule has 4 aromatic carbocycles. The number of aryl methyl sites for hydroxylation is 1. The fourth-order valence-electron chi connectivity index (χ4n) is 9.62. The highest BCUT2D eigenvalue weighted by molar-refractivity contribution is 5.96. The van der Waals surface area contributed by atoms with Crippen LogP contribution >= 0.6 is 0 Å². The number of nitrogens with one attached hydrogen (secondary N) is 4. The van der Waals surface area contributed by atoms with E-state index in [1.807, 2.05) is 31.2 Å². The Morgan fingerprint density at radius 1 is 0.616 bits per heavy atom. The number of likely N-dealkylation sites (tertiary alicyclic amines) is 1. The van der Waals surface area contributed by atoms with Crippen LogP contribution in [0.2, 0.25) is 0 Å². The van der Waals surface area contributed by atoms with Gasteiger partial charge in [0.2, 0.25) is 23.5 Å². The molecule has 0 unspecified atom stereocenters. The molecule has 0 aliphatic carbocycles. The summed E-state index contributed by atoms with van der Waals surface area (Å²) in [7, 11) is 7.71. The van der Waals surface area contributed by atoms with Gasteiger partial charge in [0.25, 0.3) is 11.8 Å². The van der Waals surface area contributed by atoms with Gasteiger partial charge in [0.05, 0.1) is 94.3 Å². The van der Waals surface area contributed by atoms with Crippen LogP contribution in [0.25, 0.3) is 0 Å². The number of carbonyl (C=O) groups is 6. The molecule has 5 amide bonds. The molecule has 0 bridgehead atoms. The van der Waals surface area contributed by atoms with Crippen LogP contribution in [0.15, 0.2) is 78.9 Å². The van der Waals surface area contributed by atoms with E-state index in [4.69, 9.17) is 57.3 Å². The van der Waals surface area contributed by atoms with Gasteiger partial charge in [-0.1, -0.05) is 38.0 Å². The van der Waals surface area contributed by atoms with Crippen molar-refractivity contribution in [1.82, 2.24) is 21.0 Å². The van der Waals surface area contributed by atoms with Crippen molar-refractivity contribution in [1.29, 1.82) is 0 Å². The first-order valence-corrected chi connectivity index (χ1v) is 29.3. The number of piperidine rings is 1. The molecule has 4 aromatic rings. The lowest BCUT2D eigenvalue weighted by molar-refractivity contribution is -0.162. The van der Waals surface area contributed by atoms with Crippen LogP contribution in [0.3, 0.4) is 0 Å². The van der Waals surface area contributed by atoms with Gasteiger partial charge in [0.1, 0.15) is 17.9 Å². The molecular formula is C63H87N5O18. The molecule has 1 fully saturated rings. The maximum Gasteiger partial charge on any atom is 0.329 e. The van der Waals surface area contributed by atoms with Gasteiger partial charge in [-0.15, -0.1) is 0 Å². The van der Waals surface area contributed by atoms with E-state index in [9.17, 15) is 28.8 Å². The van der Waals surface area contributed by atoms with E-state index in [1.165, 1.54) is 21.3 Å². The molecule has 0 saturated carbocycles. The summed E-state index contributed by atoms with van der Waals surface area (Å²) in [5.74, 6) is 0.349. The monoisotopic (exact) mass is 1200 g/mol. The van der Waals surface area contributed by atoms with Crippen LogP contribution in [-0.4, -0.2) is 166 Å². The molecule has 472 valence electrons. The summed E-state index contributed by atoms with van der Waals surface area (Å²) < 4.78 is 62.4. The highest BCUT2D eigenvalue weighted by Crippen LogP contribution is 2.42. The predicted molar refractivity (Wildman–Crippen MR) is 318 cm³/mol. The zero-order chi connectivity index (χ0) is 61.9. The number of ether oxygens (including phenoxy) is 11. The van der Waals surface area contributed by atoms with E-state index in [2.05, 4.69) is 16.0 Å². The quantitative estimate of drug-likeness (QED) is 0.0126. The number of benzene rings is 4. The topological polar surface area (TPSA) is 276 Å². The molecule has 5 rings (SSSR count). The zero-order valence-electron chi connectivity index (χ0n) is 50.5. The number of hydrogen-bond donors (Lipinski definition) is 5. The van der Waals surface area contributed by atoms with Crippen LogP contribution in [0.4, 0.5) is 5.69 Å². The average molecular weight is 1200 g/mol. The Balaban J connectivity index is 0.977. The summed E-state index contributed by atoms with van der Waals surface area (Å²) in [5.41, 5.74) is 4.90. The number of esters is 1. The number of methoxy groups -OCH3 is 5. The van der Waals surface area contributed by atoms with Crippen LogP contribution < -0.4 is 49.9 Å². The highest BCUT2D eigenvalue weighted by atomic mass is 16.6. The Morgan fingerprint density at radius 2 is 1.23 bits per heavy atom. The second-order valence-corrected chi connectivity index (χ2v) is 20.1. The zero-order valence-corrected chi connectivity index (χ0v) is 50.5. The maximum absolute atomic E-state index is 14.5. The predicted octanol–water partition coefficient (Wildman–Crippen LogP) is 7.30. The van der Waals surface area contributed by atoms with Gasteiger partial charge < -0.3 is 73.0 Å². The molecule has 1 heterocycles. The third-order valence-electron chi connectivity index (χ3n) is 14.2. The standard InChI is InChI=1S/C63H87N5O18/c1-7-50(47-41-55(78-4)60(80-6)56(42-47)79-5)62(73)68-30-13-12-17-51(68)63(74)86-52(26-20-44-21-27-53(76-2)54(39-44)77-3)46-15-14-16-49(40-46)85-43-59(71)64-28-31-81-33-35-83-37-38-84-36-34-82-32-29-65-61(72)45-22-24-48(25-23-45)66-57(69)18-10-8-9-11-19-58(70)67-75/h14-16,21-25,27,39-42,50-52,75H,7-13,17-20,26,28-38,43H2,1-6H3,(H,64,71)(H,65,72)(H,66,69)(H,67,70)/t50-,51+,52+/m0/s1. The van der Waals surface area contributed by atoms with Crippen molar-refractivity contribution in [3.05, 3.63) is 101 Å². The molecule has 0 radical (unpaired) electrons. The summed E-state index contributed by atoms with van der Waals surface area (Å²) in [6.45, 7) is 5.20. The SMILES string of the molecule is CC[C@H](C(=O)N1CCCC[C@@H]1C(=O)O[C@H](CCc1ccc(OC)c(OC)c1)c1cccc(OCC(=O)NCCOCCOCCOCCOCCNC(=O)c2ccc(NC(=O)CCCCCCC(=O)NO)cc2)c1)c1cc(OC)c(OC)c(OC)c1. The molecule has 1 saturated heterocycles. The summed E-state index contributed by atoms with van der Waals surface area (Å²) in [5, 5.41) is 16.9. The molecule has 1 aliphatic rings. The molecule has 23 nitrogen and oxygen atoms in total. The summed E-state index contributed by atoms with van der Waals surface area (Å²) in [6, 6.07) is 22.1. The summed E-state index contributed by atoms with van der Waals surface area (Å²) in [4.78, 5) is 79.3. The minimum absolute atomic E-state index is 0.133. The Bertz CT molecular complexity index is 2700. The average Bonchev–Trinajstić information content (AvgIpc) is 2.39. The van der Waals surface area contributed by atoms with Gasteiger partial charge in [0.15, 0.2) is 29.6 Å². The third kappa shape index (κ3) is 23.3. The fourth-order valence-corrected chi connectivity index (χ4v) is 9.62. The van der Waals surface area contributed by atoms with Crippen molar-refractivity contribution in [3.8, 4) is 34.5 Å². The second-order valence-electron chi connectivity index (χ2n) is 20.1. The van der Waals surface area contributed by atoms with E-state index >= 15 is 0 Å². The normalized spacial score (nSPS) is 13.6. The Morgan fingerprint density at radius 3 is 1.84 bits per heavy atom. The fraction of sp³-hybridized carbons (Fsp3) is 0.524. The number of carbonyl (C=O) groups excluding carboxylic acids is 6. The van der Waals surface area contributed by atoms with Gasteiger partial charge in [-0.2, -0.15) is 0 Å². The van der Waals surface area contributed by atoms with Crippen molar-refractivity contribution in [3.63, 3.8) is 0 Å². The van der Waals surface area contributed by atoms with Gasteiger partial charge in [-0.3, -0.25) is 29.2 Å². The first kappa shape index (κ1) is 69.1. The van der Waals surface area contributed by atoms with Crippen LogP contribution in [0, 0.1) is 0 Å².